The maximum absolute atomic E-state index is 10.4. The molecule has 14 heavy (non-hydrogen) atoms. The summed E-state index contributed by atoms with van der Waals surface area (Å²) in [5.41, 5.74) is 0. The van der Waals surface area contributed by atoms with Crippen molar-refractivity contribution in [2.24, 2.45) is 5.92 Å². The van der Waals surface area contributed by atoms with E-state index in [1.165, 1.54) is 38.5 Å². The first kappa shape index (κ1) is 13.5. The van der Waals surface area contributed by atoms with Crippen LogP contribution in [0.3, 0.4) is 0 Å². The van der Waals surface area contributed by atoms with Gasteiger partial charge in [0.2, 0.25) is 0 Å². The van der Waals surface area contributed by atoms with Crippen LogP contribution < -0.4 is 0 Å². The molecule has 0 unspecified atom stereocenters. The van der Waals surface area contributed by atoms with Gasteiger partial charge in [0.15, 0.2) is 0 Å². The smallest absolute Gasteiger partial charge is 0.303 e. The van der Waals surface area contributed by atoms with Crippen molar-refractivity contribution in [1.29, 1.82) is 0 Å². The maximum Gasteiger partial charge on any atom is 0.303 e. The zero-order valence-electron chi connectivity index (χ0n) is 9.59. The molecule has 0 aromatic carbocycles. The number of carboxylic acids is 1. The first-order valence-corrected chi connectivity index (χ1v) is 5.88. The first-order chi connectivity index (χ1) is 6.66. The van der Waals surface area contributed by atoms with Gasteiger partial charge in [-0.1, -0.05) is 58.8 Å². The van der Waals surface area contributed by atoms with Crippen LogP contribution >= 0.6 is 0 Å². The third kappa shape index (κ3) is 9.56. The molecule has 0 spiro atoms. The largest absolute Gasteiger partial charge is 0.481 e. The van der Waals surface area contributed by atoms with Gasteiger partial charge in [0.1, 0.15) is 0 Å². The Bertz CT molecular complexity index is 143. The SMILES string of the molecule is CCCCCCCC[C@H](C)CC(=O)O. The molecule has 1 N–H and O–H groups in total. The van der Waals surface area contributed by atoms with E-state index in [-0.39, 0.29) is 0 Å². The van der Waals surface area contributed by atoms with Gasteiger partial charge in [-0.25, -0.2) is 0 Å². The first-order valence-electron chi connectivity index (χ1n) is 5.88. The van der Waals surface area contributed by atoms with E-state index in [2.05, 4.69) is 6.92 Å². The van der Waals surface area contributed by atoms with Crippen LogP contribution in [0.2, 0.25) is 0 Å². The highest BCUT2D eigenvalue weighted by molar-refractivity contribution is 5.66. The monoisotopic (exact) mass is 200 g/mol. The normalized spacial score (nSPS) is 12.7. The maximum atomic E-state index is 10.4. The minimum absolute atomic E-state index is 0.328. The van der Waals surface area contributed by atoms with E-state index in [1.807, 2.05) is 6.92 Å². The molecule has 0 heterocycles. The Kier molecular flexibility index (Phi) is 8.70. The van der Waals surface area contributed by atoms with E-state index in [0.717, 1.165) is 6.42 Å². The van der Waals surface area contributed by atoms with E-state index in [0.29, 0.717) is 12.3 Å². The van der Waals surface area contributed by atoms with E-state index in [1.54, 1.807) is 0 Å². The number of carbonyl (C=O) groups is 1. The molecular weight excluding hydrogens is 176 g/mol. The van der Waals surface area contributed by atoms with Crippen LogP contribution in [0.1, 0.15) is 65.2 Å². The summed E-state index contributed by atoms with van der Waals surface area (Å²) in [7, 11) is 0. The zero-order chi connectivity index (χ0) is 10.8. The topological polar surface area (TPSA) is 37.3 Å². The summed E-state index contributed by atoms with van der Waals surface area (Å²) in [5, 5.41) is 8.56. The molecule has 0 rings (SSSR count). The highest BCUT2D eigenvalue weighted by atomic mass is 16.4. The van der Waals surface area contributed by atoms with E-state index >= 15 is 0 Å². The van der Waals surface area contributed by atoms with Crippen molar-refractivity contribution in [1.82, 2.24) is 0 Å². The highest BCUT2D eigenvalue weighted by Gasteiger charge is 2.06. The average Bonchev–Trinajstić information content (AvgIpc) is 2.10. The molecule has 0 aliphatic heterocycles. The molecule has 0 amide bonds. The van der Waals surface area contributed by atoms with Gasteiger partial charge < -0.3 is 5.11 Å². The summed E-state index contributed by atoms with van der Waals surface area (Å²) < 4.78 is 0. The third-order valence-corrected chi connectivity index (χ3v) is 2.57. The molecule has 0 aromatic rings. The number of unbranched alkanes of at least 4 members (excludes halogenated alkanes) is 5. The van der Waals surface area contributed by atoms with Crippen LogP contribution in [0.25, 0.3) is 0 Å². The lowest BCUT2D eigenvalue weighted by Gasteiger charge is -2.07. The number of hydrogen-bond acceptors (Lipinski definition) is 1. The fourth-order valence-electron chi connectivity index (χ4n) is 1.67. The van der Waals surface area contributed by atoms with Crippen molar-refractivity contribution in [2.75, 3.05) is 0 Å². The molecule has 0 saturated carbocycles. The van der Waals surface area contributed by atoms with E-state index in [4.69, 9.17) is 5.11 Å². The summed E-state index contributed by atoms with van der Waals surface area (Å²) in [4.78, 5) is 10.4. The standard InChI is InChI=1S/C12H24O2/c1-3-4-5-6-7-8-9-11(2)10-12(13)14/h11H,3-10H2,1-2H3,(H,13,14)/t11-/m0/s1. The quantitative estimate of drug-likeness (QED) is 0.574. The van der Waals surface area contributed by atoms with E-state index < -0.39 is 5.97 Å². The van der Waals surface area contributed by atoms with Crippen LogP contribution in [0.4, 0.5) is 0 Å². The molecule has 0 aliphatic carbocycles. The number of aliphatic carboxylic acids is 1. The van der Waals surface area contributed by atoms with Crippen molar-refractivity contribution in [3.05, 3.63) is 0 Å². The Labute approximate surface area is 87.7 Å². The summed E-state index contributed by atoms with van der Waals surface area (Å²) in [6, 6.07) is 0. The second-order valence-corrected chi connectivity index (χ2v) is 4.26. The minimum Gasteiger partial charge on any atom is -0.481 e. The molecule has 0 radical (unpaired) electrons. The van der Waals surface area contributed by atoms with Gasteiger partial charge in [0.25, 0.3) is 0 Å². The molecule has 0 saturated heterocycles. The van der Waals surface area contributed by atoms with Crippen molar-refractivity contribution in [3.63, 3.8) is 0 Å². The van der Waals surface area contributed by atoms with Gasteiger partial charge in [0.05, 0.1) is 0 Å². The van der Waals surface area contributed by atoms with E-state index in [9.17, 15) is 4.79 Å². The van der Waals surface area contributed by atoms with Crippen LogP contribution in [0.5, 0.6) is 0 Å². The Balaban J connectivity index is 3.14. The molecule has 0 bridgehead atoms. The second kappa shape index (κ2) is 9.04. The summed E-state index contributed by atoms with van der Waals surface area (Å²) in [6.07, 6.45) is 9.13. The van der Waals surface area contributed by atoms with Gasteiger partial charge >= 0.3 is 5.97 Å². The molecule has 84 valence electrons. The molecule has 0 fully saturated rings. The van der Waals surface area contributed by atoms with Crippen molar-refractivity contribution in [2.45, 2.75) is 65.2 Å². The van der Waals surface area contributed by atoms with Crippen molar-refractivity contribution in [3.8, 4) is 0 Å². The zero-order valence-corrected chi connectivity index (χ0v) is 9.59. The van der Waals surface area contributed by atoms with Crippen LogP contribution in [-0.4, -0.2) is 11.1 Å². The van der Waals surface area contributed by atoms with Crippen LogP contribution in [0, 0.1) is 5.92 Å². The predicted octanol–water partition coefficient (Wildman–Crippen LogP) is 3.85. The Morgan fingerprint density at radius 2 is 1.71 bits per heavy atom. The number of hydrogen-bond donors (Lipinski definition) is 1. The highest BCUT2D eigenvalue weighted by Crippen LogP contribution is 2.14. The molecule has 2 nitrogen and oxygen atoms in total. The number of carboxylic acid groups (broad SMARTS) is 1. The molecule has 2 heteroatoms. The Hall–Kier alpha value is -0.530. The molecule has 1 atom stereocenters. The van der Waals surface area contributed by atoms with Crippen molar-refractivity contribution < 1.29 is 9.90 Å². The van der Waals surface area contributed by atoms with Gasteiger partial charge in [-0.05, 0) is 5.92 Å². The predicted molar refractivity (Wildman–Crippen MR) is 59.4 cm³/mol. The van der Waals surface area contributed by atoms with Gasteiger partial charge in [-0.3, -0.25) is 4.79 Å². The lowest BCUT2D eigenvalue weighted by atomic mass is 9.99. The summed E-state index contributed by atoms with van der Waals surface area (Å²) >= 11 is 0. The lowest BCUT2D eigenvalue weighted by molar-refractivity contribution is -0.138. The summed E-state index contributed by atoms with van der Waals surface area (Å²) in [6.45, 7) is 4.25. The number of rotatable bonds is 9. The molecule has 0 aromatic heterocycles. The molecular formula is C12H24O2. The fourth-order valence-corrected chi connectivity index (χ4v) is 1.67. The fraction of sp³-hybridized carbons (Fsp3) is 0.917. The van der Waals surface area contributed by atoms with Crippen LogP contribution in [0.15, 0.2) is 0 Å². The molecule has 0 aliphatic rings. The lowest BCUT2D eigenvalue weighted by Crippen LogP contribution is -2.03. The van der Waals surface area contributed by atoms with Crippen molar-refractivity contribution >= 4 is 5.97 Å². The van der Waals surface area contributed by atoms with Crippen LogP contribution in [-0.2, 0) is 4.79 Å². The Morgan fingerprint density at radius 1 is 1.14 bits per heavy atom. The third-order valence-electron chi connectivity index (χ3n) is 2.57. The van der Waals surface area contributed by atoms with Gasteiger partial charge in [-0.15, -0.1) is 0 Å². The van der Waals surface area contributed by atoms with Gasteiger partial charge in [0, 0.05) is 6.42 Å². The second-order valence-electron chi connectivity index (χ2n) is 4.26. The van der Waals surface area contributed by atoms with Gasteiger partial charge in [-0.2, -0.15) is 0 Å². The minimum atomic E-state index is -0.663. The average molecular weight is 200 g/mol. The Morgan fingerprint density at radius 3 is 2.29 bits per heavy atom. The summed E-state index contributed by atoms with van der Waals surface area (Å²) in [5.74, 6) is -0.317.